The summed E-state index contributed by atoms with van der Waals surface area (Å²) in [5.74, 6) is -0.354. The van der Waals surface area contributed by atoms with Gasteiger partial charge in [0.15, 0.2) is 5.65 Å². The van der Waals surface area contributed by atoms with Gasteiger partial charge in [-0.1, -0.05) is 0 Å². The van der Waals surface area contributed by atoms with E-state index in [1.165, 1.54) is 12.1 Å². The van der Waals surface area contributed by atoms with E-state index in [2.05, 4.69) is 5.10 Å². The van der Waals surface area contributed by atoms with Crippen molar-refractivity contribution in [3.8, 4) is 0 Å². The van der Waals surface area contributed by atoms with Crippen LogP contribution < -0.4 is 4.90 Å². The summed E-state index contributed by atoms with van der Waals surface area (Å²) in [7, 11) is 0. The second kappa shape index (κ2) is 8.79. The predicted molar refractivity (Wildman–Crippen MR) is 124 cm³/mol. The number of likely N-dealkylation sites (tertiary alicyclic amines) is 1. The second-order valence-corrected chi connectivity index (χ2v) is 9.33. The minimum absolute atomic E-state index is 0.118. The summed E-state index contributed by atoms with van der Waals surface area (Å²) in [5.41, 5.74) is 0.879. The van der Waals surface area contributed by atoms with Gasteiger partial charge in [-0.3, -0.25) is 4.79 Å². The van der Waals surface area contributed by atoms with E-state index in [0.29, 0.717) is 61.5 Å². The maximum absolute atomic E-state index is 14.5. The number of carbonyl (C=O) groups excluding carboxylic acids is 1. The van der Waals surface area contributed by atoms with Gasteiger partial charge in [-0.25, -0.2) is 18.3 Å². The molecule has 0 saturated carbocycles. The molecular formula is C25H27F2N5O2. The number of carbonyl (C=O) groups is 1. The molecule has 2 aliphatic heterocycles. The third-order valence-electron chi connectivity index (χ3n) is 6.80. The SMILES string of the molecule is CC1(O)CCN(C(=O)C=Cc2cnn3ccc(N4CCC[C@@H]4c4cc(F)ccc4F)nc23)CC1. The number of aliphatic hydroxyl groups is 1. The Hall–Kier alpha value is -3.33. The Morgan fingerprint density at radius 3 is 2.79 bits per heavy atom. The number of benzene rings is 1. The smallest absolute Gasteiger partial charge is 0.246 e. The van der Waals surface area contributed by atoms with Gasteiger partial charge in [0.25, 0.3) is 0 Å². The Morgan fingerprint density at radius 2 is 2.00 bits per heavy atom. The van der Waals surface area contributed by atoms with Gasteiger partial charge >= 0.3 is 0 Å². The fourth-order valence-electron chi connectivity index (χ4n) is 4.76. The number of aromatic nitrogens is 3. The topological polar surface area (TPSA) is 74.0 Å². The first-order valence-electron chi connectivity index (χ1n) is 11.6. The van der Waals surface area contributed by atoms with Crippen molar-refractivity contribution in [3.63, 3.8) is 0 Å². The number of amides is 1. The second-order valence-electron chi connectivity index (χ2n) is 9.33. The van der Waals surface area contributed by atoms with Gasteiger partial charge in [0.2, 0.25) is 5.91 Å². The minimum atomic E-state index is -0.717. The number of halogens is 2. The van der Waals surface area contributed by atoms with E-state index in [1.807, 2.05) is 11.0 Å². The Labute approximate surface area is 196 Å². The van der Waals surface area contributed by atoms with Crippen molar-refractivity contribution < 1.29 is 18.7 Å². The molecule has 0 aliphatic carbocycles. The fraction of sp³-hybridized carbons (Fsp3) is 0.400. The van der Waals surface area contributed by atoms with Crippen molar-refractivity contribution in [2.45, 2.75) is 44.2 Å². The van der Waals surface area contributed by atoms with Crippen LogP contribution in [-0.4, -0.2) is 55.7 Å². The van der Waals surface area contributed by atoms with Crippen molar-refractivity contribution in [1.29, 1.82) is 0 Å². The number of fused-ring (bicyclic) bond motifs is 1. The van der Waals surface area contributed by atoms with E-state index in [9.17, 15) is 18.7 Å². The van der Waals surface area contributed by atoms with Crippen molar-refractivity contribution in [1.82, 2.24) is 19.5 Å². The number of piperidine rings is 1. The third kappa shape index (κ3) is 4.40. The van der Waals surface area contributed by atoms with Gasteiger partial charge in [0, 0.05) is 43.0 Å². The standard InChI is InChI=1S/C25H27F2N5O2/c1-25(34)9-13-30(14-10-25)23(33)7-4-17-16-28-32-12-8-22(29-24(17)32)31-11-2-3-21(31)19-15-18(26)5-6-20(19)27/h4-8,12,15-16,21,34H,2-3,9-11,13-14H2,1H3/t21-/m1/s1. The molecule has 0 bridgehead atoms. The number of nitrogens with zero attached hydrogens (tertiary/aromatic N) is 5. The monoisotopic (exact) mass is 467 g/mol. The maximum atomic E-state index is 14.5. The predicted octanol–water partition coefficient (Wildman–Crippen LogP) is 3.74. The summed E-state index contributed by atoms with van der Waals surface area (Å²) in [5, 5.41) is 14.4. The Morgan fingerprint density at radius 1 is 1.21 bits per heavy atom. The molecule has 2 aromatic heterocycles. The van der Waals surface area contributed by atoms with Crippen LogP contribution in [0.2, 0.25) is 0 Å². The highest BCUT2D eigenvalue weighted by molar-refractivity contribution is 5.92. The molecule has 2 aliphatic rings. The van der Waals surface area contributed by atoms with Crippen molar-refractivity contribution >= 4 is 23.4 Å². The molecule has 0 radical (unpaired) electrons. The highest BCUT2D eigenvalue weighted by Crippen LogP contribution is 2.37. The average Bonchev–Trinajstić information content (AvgIpc) is 3.46. The van der Waals surface area contributed by atoms with Crippen LogP contribution in [0.3, 0.4) is 0 Å². The van der Waals surface area contributed by atoms with Crippen LogP contribution in [-0.2, 0) is 4.79 Å². The molecule has 2 saturated heterocycles. The normalized spacial score (nSPS) is 20.5. The van der Waals surface area contributed by atoms with Crippen LogP contribution in [0, 0.1) is 11.6 Å². The van der Waals surface area contributed by atoms with Crippen LogP contribution >= 0.6 is 0 Å². The van der Waals surface area contributed by atoms with Crippen LogP contribution in [0.4, 0.5) is 14.6 Å². The number of anilines is 1. The number of hydrogen-bond donors (Lipinski definition) is 1. The van der Waals surface area contributed by atoms with Crippen LogP contribution in [0.5, 0.6) is 0 Å². The van der Waals surface area contributed by atoms with Gasteiger partial charge in [-0.2, -0.15) is 5.10 Å². The molecule has 1 atom stereocenters. The third-order valence-corrected chi connectivity index (χ3v) is 6.80. The van der Waals surface area contributed by atoms with Gasteiger partial charge in [0.1, 0.15) is 17.5 Å². The van der Waals surface area contributed by atoms with Crippen LogP contribution in [0.15, 0.2) is 42.7 Å². The highest BCUT2D eigenvalue weighted by atomic mass is 19.1. The van der Waals surface area contributed by atoms with E-state index >= 15 is 0 Å². The van der Waals surface area contributed by atoms with Gasteiger partial charge in [-0.15, -0.1) is 0 Å². The van der Waals surface area contributed by atoms with E-state index in [0.717, 1.165) is 18.6 Å². The molecule has 7 nitrogen and oxygen atoms in total. The molecule has 0 spiro atoms. The zero-order valence-electron chi connectivity index (χ0n) is 19.0. The Balaban J connectivity index is 1.38. The fourth-order valence-corrected chi connectivity index (χ4v) is 4.76. The van der Waals surface area contributed by atoms with E-state index < -0.39 is 17.2 Å². The van der Waals surface area contributed by atoms with Crippen molar-refractivity contribution in [3.05, 3.63) is 65.5 Å². The van der Waals surface area contributed by atoms with Gasteiger partial charge in [-0.05, 0) is 62.9 Å². The summed E-state index contributed by atoms with van der Waals surface area (Å²) in [6, 6.07) is 5.06. The number of rotatable bonds is 4. The van der Waals surface area contributed by atoms with E-state index in [1.54, 1.807) is 34.8 Å². The Bertz CT molecular complexity index is 1250. The lowest BCUT2D eigenvalue weighted by Gasteiger charge is -2.35. The molecule has 4 heterocycles. The molecule has 2 fully saturated rings. The molecule has 1 amide bonds. The quantitative estimate of drug-likeness (QED) is 0.592. The minimum Gasteiger partial charge on any atom is -0.390 e. The van der Waals surface area contributed by atoms with Crippen LogP contribution in [0.25, 0.3) is 11.7 Å². The zero-order valence-corrected chi connectivity index (χ0v) is 19.0. The van der Waals surface area contributed by atoms with Gasteiger partial charge in [0.05, 0.1) is 17.8 Å². The first kappa shape index (κ1) is 22.5. The van der Waals surface area contributed by atoms with E-state index in [4.69, 9.17) is 4.98 Å². The molecule has 3 aromatic rings. The molecule has 0 unspecified atom stereocenters. The van der Waals surface area contributed by atoms with Crippen LogP contribution in [0.1, 0.15) is 49.8 Å². The van der Waals surface area contributed by atoms with Gasteiger partial charge < -0.3 is 14.9 Å². The zero-order chi connectivity index (χ0) is 23.9. The lowest BCUT2D eigenvalue weighted by atomic mass is 9.94. The number of hydrogen-bond acceptors (Lipinski definition) is 5. The van der Waals surface area contributed by atoms with E-state index in [-0.39, 0.29) is 11.9 Å². The molecular weight excluding hydrogens is 440 g/mol. The Kier molecular flexibility index (Phi) is 5.81. The summed E-state index contributed by atoms with van der Waals surface area (Å²) in [4.78, 5) is 21.1. The molecule has 178 valence electrons. The summed E-state index contributed by atoms with van der Waals surface area (Å²) in [6.45, 7) is 3.50. The summed E-state index contributed by atoms with van der Waals surface area (Å²) in [6.07, 6.45) is 9.28. The van der Waals surface area contributed by atoms with Crippen molar-refractivity contribution in [2.75, 3.05) is 24.5 Å². The summed E-state index contributed by atoms with van der Waals surface area (Å²) < 4.78 is 29.9. The first-order valence-corrected chi connectivity index (χ1v) is 11.6. The summed E-state index contributed by atoms with van der Waals surface area (Å²) >= 11 is 0. The molecule has 9 heteroatoms. The lowest BCUT2D eigenvalue weighted by Crippen LogP contribution is -2.44. The van der Waals surface area contributed by atoms with Crippen molar-refractivity contribution in [2.24, 2.45) is 0 Å². The maximum Gasteiger partial charge on any atom is 0.246 e. The first-order chi connectivity index (χ1) is 16.3. The molecule has 34 heavy (non-hydrogen) atoms. The average molecular weight is 468 g/mol. The lowest BCUT2D eigenvalue weighted by molar-refractivity contribution is -0.129. The largest absolute Gasteiger partial charge is 0.390 e. The highest BCUT2D eigenvalue weighted by Gasteiger charge is 2.30. The molecule has 1 aromatic carbocycles. The molecule has 1 N–H and O–H groups in total. The molecule has 5 rings (SSSR count).